The molecular formula is C17H15ClO2. The van der Waals surface area contributed by atoms with Crippen LogP contribution >= 0.6 is 11.6 Å². The first-order chi connectivity index (χ1) is 9.76. The lowest BCUT2D eigenvalue weighted by Gasteiger charge is -2.13. The number of hydrogen-bond acceptors (Lipinski definition) is 2. The second kappa shape index (κ2) is 6.92. The topological polar surface area (TPSA) is 26.3 Å². The highest BCUT2D eigenvalue weighted by molar-refractivity contribution is 6.18. The van der Waals surface area contributed by atoms with E-state index < -0.39 is 12.1 Å². The van der Waals surface area contributed by atoms with Crippen LogP contribution in [0.2, 0.25) is 0 Å². The van der Waals surface area contributed by atoms with Gasteiger partial charge < -0.3 is 4.74 Å². The zero-order valence-electron chi connectivity index (χ0n) is 11.0. The van der Waals surface area contributed by atoms with Crippen molar-refractivity contribution in [3.63, 3.8) is 0 Å². The summed E-state index contributed by atoms with van der Waals surface area (Å²) in [5.41, 5.74) is 2.34. The van der Waals surface area contributed by atoms with E-state index in [1.165, 1.54) is 6.08 Å². The Hall–Kier alpha value is -2.06. The van der Waals surface area contributed by atoms with Gasteiger partial charge in [0.1, 0.15) is 6.10 Å². The number of halogens is 1. The minimum Gasteiger partial charge on any atom is -0.453 e. The minimum atomic E-state index is -0.479. The summed E-state index contributed by atoms with van der Waals surface area (Å²) >= 11 is 5.71. The van der Waals surface area contributed by atoms with Crippen LogP contribution < -0.4 is 0 Å². The summed E-state index contributed by atoms with van der Waals surface area (Å²) in [5.74, 6) is -0.196. The van der Waals surface area contributed by atoms with E-state index >= 15 is 0 Å². The molecule has 20 heavy (non-hydrogen) atoms. The monoisotopic (exact) mass is 286 g/mol. The van der Waals surface area contributed by atoms with Gasteiger partial charge in [-0.3, -0.25) is 0 Å². The first kappa shape index (κ1) is 14.4. The van der Waals surface area contributed by atoms with Crippen molar-refractivity contribution in [2.24, 2.45) is 0 Å². The van der Waals surface area contributed by atoms with Crippen molar-refractivity contribution >= 4 is 17.6 Å². The molecule has 0 fully saturated rings. The molecule has 2 nitrogen and oxygen atoms in total. The molecule has 0 saturated heterocycles. The maximum absolute atomic E-state index is 12.2. The largest absolute Gasteiger partial charge is 0.453 e. The Morgan fingerprint density at radius 1 is 1.15 bits per heavy atom. The van der Waals surface area contributed by atoms with Gasteiger partial charge in [-0.1, -0.05) is 61.2 Å². The molecule has 0 bridgehead atoms. The average Bonchev–Trinajstić information content (AvgIpc) is 2.53. The van der Waals surface area contributed by atoms with Crippen LogP contribution in [0.5, 0.6) is 0 Å². The van der Waals surface area contributed by atoms with E-state index in [2.05, 4.69) is 6.58 Å². The maximum Gasteiger partial charge on any atom is 0.339 e. The fourth-order valence-electron chi connectivity index (χ4n) is 1.87. The zero-order valence-corrected chi connectivity index (χ0v) is 11.7. The molecule has 2 rings (SSSR count). The Morgan fingerprint density at radius 3 is 2.45 bits per heavy atom. The molecule has 1 unspecified atom stereocenters. The second-order valence-electron chi connectivity index (χ2n) is 4.25. The quantitative estimate of drug-likeness (QED) is 0.465. The van der Waals surface area contributed by atoms with Gasteiger partial charge in [0.2, 0.25) is 0 Å². The standard InChI is InChI=1S/C17H15ClO2/c1-2-14(12-18)20-17(19)16-11-7-6-10-15(16)13-8-4-3-5-9-13/h2-11,14H,1,12H2. The van der Waals surface area contributed by atoms with E-state index in [0.717, 1.165) is 11.1 Å². The first-order valence-electron chi connectivity index (χ1n) is 6.30. The van der Waals surface area contributed by atoms with Crippen LogP contribution in [0.3, 0.4) is 0 Å². The lowest BCUT2D eigenvalue weighted by atomic mass is 10.00. The Labute approximate surface area is 123 Å². The number of carbonyl (C=O) groups excluding carboxylic acids is 1. The van der Waals surface area contributed by atoms with Crippen molar-refractivity contribution in [1.29, 1.82) is 0 Å². The van der Waals surface area contributed by atoms with Crippen LogP contribution in [0.25, 0.3) is 11.1 Å². The third-order valence-corrected chi connectivity index (χ3v) is 3.21. The average molecular weight is 287 g/mol. The summed E-state index contributed by atoms with van der Waals surface area (Å²) in [5, 5.41) is 0. The van der Waals surface area contributed by atoms with E-state index in [1.54, 1.807) is 6.07 Å². The van der Waals surface area contributed by atoms with Gasteiger partial charge in [-0.15, -0.1) is 11.6 Å². The van der Waals surface area contributed by atoms with Gasteiger partial charge in [0, 0.05) is 0 Å². The maximum atomic E-state index is 12.2. The third-order valence-electron chi connectivity index (χ3n) is 2.91. The van der Waals surface area contributed by atoms with E-state index in [1.807, 2.05) is 48.5 Å². The lowest BCUT2D eigenvalue weighted by Crippen LogP contribution is -2.18. The Morgan fingerprint density at radius 2 is 1.80 bits per heavy atom. The van der Waals surface area contributed by atoms with E-state index in [4.69, 9.17) is 16.3 Å². The molecule has 0 aliphatic rings. The van der Waals surface area contributed by atoms with Gasteiger partial charge in [-0.05, 0) is 17.2 Å². The molecule has 0 amide bonds. The molecule has 0 heterocycles. The van der Waals surface area contributed by atoms with Crippen molar-refractivity contribution < 1.29 is 9.53 Å². The zero-order chi connectivity index (χ0) is 14.4. The number of alkyl halides is 1. The lowest BCUT2D eigenvalue weighted by molar-refractivity contribution is 0.0431. The van der Waals surface area contributed by atoms with Crippen LogP contribution in [-0.4, -0.2) is 18.0 Å². The van der Waals surface area contributed by atoms with E-state index in [-0.39, 0.29) is 5.88 Å². The summed E-state index contributed by atoms with van der Waals surface area (Å²) in [6.45, 7) is 3.60. The van der Waals surface area contributed by atoms with Crippen molar-refractivity contribution in [3.8, 4) is 11.1 Å². The van der Waals surface area contributed by atoms with Gasteiger partial charge in [-0.2, -0.15) is 0 Å². The minimum absolute atomic E-state index is 0.197. The molecule has 0 saturated carbocycles. The summed E-state index contributed by atoms with van der Waals surface area (Å²) < 4.78 is 5.31. The van der Waals surface area contributed by atoms with Gasteiger partial charge in [0.15, 0.2) is 0 Å². The van der Waals surface area contributed by atoms with Gasteiger partial charge in [-0.25, -0.2) is 4.79 Å². The van der Waals surface area contributed by atoms with E-state index in [9.17, 15) is 4.79 Å². The van der Waals surface area contributed by atoms with Gasteiger partial charge >= 0.3 is 5.97 Å². The molecule has 2 aromatic carbocycles. The Balaban J connectivity index is 2.33. The van der Waals surface area contributed by atoms with Crippen LogP contribution in [-0.2, 0) is 4.74 Å². The smallest absolute Gasteiger partial charge is 0.339 e. The Bertz CT molecular complexity index is 593. The first-order valence-corrected chi connectivity index (χ1v) is 6.83. The van der Waals surface area contributed by atoms with Crippen molar-refractivity contribution in [2.45, 2.75) is 6.10 Å². The van der Waals surface area contributed by atoms with Crippen molar-refractivity contribution in [3.05, 3.63) is 72.8 Å². The number of benzene rings is 2. The number of esters is 1. The molecule has 0 N–H and O–H groups in total. The van der Waals surface area contributed by atoms with Crippen molar-refractivity contribution in [2.75, 3.05) is 5.88 Å². The molecule has 0 spiro atoms. The molecule has 102 valence electrons. The second-order valence-corrected chi connectivity index (χ2v) is 4.55. The number of hydrogen-bond donors (Lipinski definition) is 0. The molecule has 0 aliphatic carbocycles. The molecule has 0 aliphatic heterocycles. The third kappa shape index (κ3) is 3.28. The van der Waals surface area contributed by atoms with Crippen LogP contribution in [0.4, 0.5) is 0 Å². The molecule has 0 radical (unpaired) electrons. The van der Waals surface area contributed by atoms with Crippen LogP contribution in [0.15, 0.2) is 67.3 Å². The highest BCUT2D eigenvalue weighted by atomic mass is 35.5. The van der Waals surface area contributed by atoms with Gasteiger partial charge in [0.25, 0.3) is 0 Å². The summed E-state index contributed by atoms with van der Waals surface area (Å²) in [7, 11) is 0. The molecule has 0 aromatic heterocycles. The SMILES string of the molecule is C=CC(CCl)OC(=O)c1ccccc1-c1ccccc1. The molecule has 3 heteroatoms. The van der Waals surface area contributed by atoms with Crippen molar-refractivity contribution in [1.82, 2.24) is 0 Å². The fraction of sp³-hybridized carbons (Fsp3) is 0.118. The summed E-state index contributed by atoms with van der Waals surface area (Å²) in [6, 6.07) is 17.1. The number of ether oxygens (including phenoxy) is 1. The van der Waals surface area contributed by atoms with Crippen LogP contribution in [0, 0.1) is 0 Å². The van der Waals surface area contributed by atoms with Gasteiger partial charge in [0.05, 0.1) is 11.4 Å². The number of carbonyl (C=O) groups is 1. The molecule has 1 atom stereocenters. The van der Waals surface area contributed by atoms with Crippen LogP contribution in [0.1, 0.15) is 10.4 Å². The fourth-order valence-corrected chi connectivity index (χ4v) is 2.06. The highest BCUT2D eigenvalue weighted by Gasteiger charge is 2.16. The Kier molecular flexibility index (Phi) is 4.97. The normalized spacial score (nSPS) is 11.7. The highest BCUT2D eigenvalue weighted by Crippen LogP contribution is 2.24. The predicted octanol–water partition coefficient (Wildman–Crippen LogP) is 4.30. The predicted molar refractivity (Wildman–Crippen MR) is 82.0 cm³/mol. The van der Waals surface area contributed by atoms with E-state index in [0.29, 0.717) is 5.56 Å². The molecule has 2 aromatic rings. The number of rotatable bonds is 5. The summed E-state index contributed by atoms with van der Waals surface area (Å²) in [4.78, 5) is 12.2. The molecular weight excluding hydrogens is 272 g/mol. The summed E-state index contributed by atoms with van der Waals surface area (Å²) in [6.07, 6.45) is 1.05.